The predicted molar refractivity (Wildman–Crippen MR) is 123 cm³/mol. The average Bonchev–Trinajstić information content (AvgIpc) is 2.77. The highest BCUT2D eigenvalue weighted by Crippen LogP contribution is 2.29. The van der Waals surface area contributed by atoms with Crippen LogP contribution in [0.4, 0.5) is 5.69 Å². The zero-order valence-corrected chi connectivity index (χ0v) is 17.6. The summed E-state index contributed by atoms with van der Waals surface area (Å²) in [7, 11) is 0. The number of hydrogen-bond donors (Lipinski definition) is 1. The Hall–Kier alpha value is -3.86. The molecule has 3 aromatic carbocycles. The third-order valence-electron chi connectivity index (χ3n) is 4.41. The molecule has 1 amide bonds. The van der Waals surface area contributed by atoms with Crippen LogP contribution >= 0.6 is 0 Å². The van der Waals surface area contributed by atoms with Crippen LogP contribution in [0.15, 0.2) is 78.9 Å². The van der Waals surface area contributed by atoms with E-state index >= 15 is 0 Å². The number of anilines is 1. The molecule has 0 heterocycles. The highest BCUT2D eigenvalue weighted by Gasteiger charge is 2.09. The van der Waals surface area contributed by atoms with Crippen LogP contribution in [0.1, 0.15) is 28.4 Å². The van der Waals surface area contributed by atoms with E-state index in [2.05, 4.69) is 5.32 Å². The summed E-state index contributed by atoms with van der Waals surface area (Å²) >= 11 is 0. The standard InChI is InChI=1S/C26H25NO4/c1-3-30-25-17-20(12-14-23(28)21-9-7-8-19(2)16-21)13-15-24(25)31-18-26(29)27-22-10-5-4-6-11-22/h4-17H,3,18H2,1-2H3,(H,27,29)/b14-12+. The van der Waals surface area contributed by atoms with E-state index in [0.717, 1.165) is 11.1 Å². The zero-order chi connectivity index (χ0) is 22.1. The van der Waals surface area contributed by atoms with E-state index in [0.29, 0.717) is 29.4 Å². The van der Waals surface area contributed by atoms with Crippen molar-refractivity contribution in [3.8, 4) is 11.5 Å². The summed E-state index contributed by atoms with van der Waals surface area (Å²) in [6, 6.07) is 22.0. The normalized spacial score (nSPS) is 10.6. The molecule has 5 nitrogen and oxygen atoms in total. The number of rotatable bonds is 9. The molecule has 0 atom stereocenters. The number of ether oxygens (including phenoxy) is 2. The fourth-order valence-electron chi connectivity index (χ4n) is 2.94. The number of amides is 1. The van der Waals surface area contributed by atoms with Gasteiger partial charge in [0.15, 0.2) is 23.9 Å². The molecular weight excluding hydrogens is 390 g/mol. The maximum atomic E-state index is 12.4. The van der Waals surface area contributed by atoms with Gasteiger partial charge in [-0.25, -0.2) is 0 Å². The summed E-state index contributed by atoms with van der Waals surface area (Å²) in [5, 5.41) is 2.77. The van der Waals surface area contributed by atoms with Gasteiger partial charge in [0.25, 0.3) is 5.91 Å². The molecule has 158 valence electrons. The molecule has 0 saturated carbocycles. The molecule has 0 aliphatic heterocycles. The van der Waals surface area contributed by atoms with E-state index < -0.39 is 0 Å². The minimum Gasteiger partial charge on any atom is -0.490 e. The van der Waals surface area contributed by atoms with Crippen LogP contribution in [0.5, 0.6) is 11.5 Å². The van der Waals surface area contributed by atoms with E-state index in [-0.39, 0.29) is 18.3 Å². The molecule has 0 spiro atoms. The topological polar surface area (TPSA) is 64.6 Å². The van der Waals surface area contributed by atoms with Gasteiger partial charge in [-0.05, 0) is 55.8 Å². The number of carbonyl (C=O) groups is 2. The molecule has 0 aliphatic rings. The summed E-state index contributed by atoms with van der Waals surface area (Å²) in [6.45, 7) is 4.13. The smallest absolute Gasteiger partial charge is 0.262 e. The Morgan fingerprint density at radius 3 is 2.45 bits per heavy atom. The lowest BCUT2D eigenvalue weighted by Crippen LogP contribution is -2.20. The van der Waals surface area contributed by atoms with Gasteiger partial charge >= 0.3 is 0 Å². The fraction of sp³-hybridized carbons (Fsp3) is 0.154. The highest BCUT2D eigenvalue weighted by atomic mass is 16.5. The Balaban J connectivity index is 1.66. The monoisotopic (exact) mass is 415 g/mol. The number of ketones is 1. The van der Waals surface area contributed by atoms with E-state index in [9.17, 15) is 9.59 Å². The van der Waals surface area contributed by atoms with E-state index in [1.54, 1.807) is 24.3 Å². The lowest BCUT2D eigenvalue weighted by Gasteiger charge is -2.12. The molecule has 5 heteroatoms. The molecular formula is C26H25NO4. The van der Waals surface area contributed by atoms with Gasteiger partial charge in [0, 0.05) is 11.3 Å². The molecule has 31 heavy (non-hydrogen) atoms. The lowest BCUT2D eigenvalue weighted by atomic mass is 10.1. The number of benzene rings is 3. The third kappa shape index (κ3) is 6.57. The largest absolute Gasteiger partial charge is 0.490 e. The molecule has 0 saturated heterocycles. The molecule has 3 aromatic rings. The summed E-state index contributed by atoms with van der Waals surface area (Å²) in [5.41, 5.74) is 3.19. The Morgan fingerprint density at radius 1 is 0.903 bits per heavy atom. The van der Waals surface area contributed by atoms with Gasteiger partial charge in [0.05, 0.1) is 6.61 Å². The van der Waals surface area contributed by atoms with Crippen molar-refractivity contribution < 1.29 is 19.1 Å². The maximum absolute atomic E-state index is 12.4. The molecule has 0 bridgehead atoms. The predicted octanol–water partition coefficient (Wildman–Crippen LogP) is 5.31. The quantitative estimate of drug-likeness (QED) is 0.380. The van der Waals surface area contributed by atoms with Crippen molar-refractivity contribution in [3.63, 3.8) is 0 Å². The second-order valence-electron chi connectivity index (χ2n) is 6.91. The van der Waals surface area contributed by atoms with Crippen molar-refractivity contribution in [3.05, 3.63) is 95.6 Å². The number of carbonyl (C=O) groups excluding carboxylic acids is 2. The molecule has 1 N–H and O–H groups in total. The Labute approximate surface area is 182 Å². The molecule has 0 radical (unpaired) electrons. The van der Waals surface area contributed by atoms with Crippen LogP contribution in [-0.4, -0.2) is 24.9 Å². The van der Waals surface area contributed by atoms with Gasteiger partial charge in [0.2, 0.25) is 0 Å². The summed E-state index contributed by atoms with van der Waals surface area (Å²) < 4.78 is 11.3. The zero-order valence-electron chi connectivity index (χ0n) is 17.6. The Kier molecular flexibility index (Phi) is 7.60. The molecule has 0 unspecified atom stereocenters. The van der Waals surface area contributed by atoms with Crippen molar-refractivity contribution in [2.45, 2.75) is 13.8 Å². The van der Waals surface area contributed by atoms with Crippen LogP contribution in [0.3, 0.4) is 0 Å². The van der Waals surface area contributed by atoms with E-state index in [4.69, 9.17) is 9.47 Å². The second kappa shape index (κ2) is 10.8. The van der Waals surface area contributed by atoms with E-state index in [1.807, 2.05) is 68.4 Å². The number of allylic oxidation sites excluding steroid dienone is 1. The minimum atomic E-state index is -0.263. The molecule has 0 aliphatic carbocycles. The molecule has 3 rings (SSSR count). The van der Waals surface area contributed by atoms with Crippen molar-refractivity contribution >= 4 is 23.5 Å². The van der Waals surface area contributed by atoms with Crippen LogP contribution in [0, 0.1) is 6.92 Å². The van der Waals surface area contributed by atoms with Crippen LogP contribution in [0.2, 0.25) is 0 Å². The van der Waals surface area contributed by atoms with Crippen molar-refractivity contribution in [1.82, 2.24) is 0 Å². The van der Waals surface area contributed by atoms with Gasteiger partial charge in [0.1, 0.15) is 0 Å². The van der Waals surface area contributed by atoms with Gasteiger partial charge in [-0.1, -0.05) is 54.1 Å². The maximum Gasteiger partial charge on any atom is 0.262 e. The summed E-state index contributed by atoms with van der Waals surface area (Å²) in [5.74, 6) is 0.647. The number of para-hydroxylation sites is 1. The fourth-order valence-corrected chi connectivity index (χ4v) is 2.94. The van der Waals surface area contributed by atoms with Crippen LogP contribution in [-0.2, 0) is 4.79 Å². The first kappa shape index (κ1) is 21.8. The van der Waals surface area contributed by atoms with Crippen molar-refractivity contribution in [2.75, 3.05) is 18.5 Å². The number of aryl methyl sites for hydroxylation is 1. The molecule has 0 fully saturated rings. The third-order valence-corrected chi connectivity index (χ3v) is 4.41. The average molecular weight is 415 g/mol. The SMILES string of the molecule is CCOc1cc(/C=C/C(=O)c2cccc(C)c2)ccc1OCC(=O)Nc1ccccc1. The number of nitrogens with one attached hydrogen (secondary N) is 1. The van der Waals surface area contributed by atoms with Crippen molar-refractivity contribution in [2.24, 2.45) is 0 Å². The Bertz CT molecular complexity index is 1070. The summed E-state index contributed by atoms with van der Waals surface area (Å²) in [4.78, 5) is 24.5. The lowest BCUT2D eigenvalue weighted by molar-refractivity contribution is -0.118. The van der Waals surface area contributed by atoms with Gasteiger partial charge < -0.3 is 14.8 Å². The molecule has 0 aromatic heterocycles. The van der Waals surface area contributed by atoms with Gasteiger partial charge in [-0.2, -0.15) is 0 Å². The first-order chi connectivity index (χ1) is 15.0. The highest BCUT2D eigenvalue weighted by molar-refractivity contribution is 6.06. The van der Waals surface area contributed by atoms with Crippen molar-refractivity contribution in [1.29, 1.82) is 0 Å². The van der Waals surface area contributed by atoms with Crippen LogP contribution in [0.25, 0.3) is 6.08 Å². The van der Waals surface area contributed by atoms with Gasteiger partial charge in [-0.3, -0.25) is 9.59 Å². The second-order valence-corrected chi connectivity index (χ2v) is 6.91. The van der Waals surface area contributed by atoms with Gasteiger partial charge in [-0.15, -0.1) is 0 Å². The number of hydrogen-bond acceptors (Lipinski definition) is 4. The minimum absolute atomic E-state index is 0.0698. The van der Waals surface area contributed by atoms with Crippen LogP contribution < -0.4 is 14.8 Å². The first-order valence-electron chi connectivity index (χ1n) is 10.1. The Morgan fingerprint density at radius 2 is 1.71 bits per heavy atom. The first-order valence-corrected chi connectivity index (χ1v) is 10.1. The summed E-state index contributed by atoms with van der Waals surface area (Å²) in [6.07, 6.45) is 3.27. The van der Waals surface area contributed by atoms with E-state index in [1.165, 1.54) is 6.08 Å².